The molecule has 0 rings (SSSR count). The number of aliphatic hydroxyl groups excluding tert-OH is 1. The van der Waals surface area contributed by atoms with Crippen LogP contribution in [0.25, 0.3) is 0 Å². The van der Waals surface area contributed by atoms with Crippen molar-refractivity contribution in [3.05, 3.63) is 0 Å². The number of amides is 1. The third kappa shape index (κ3) is 5.60. The minimum absolute atomic E-state index is 0.00314. The minimum Gasteiger partial charge on any atom is -0.394 e. The summed E-state index contributed by atoms with van der Waals surface area (Å²) in [6.07, 6.45) is 0. The molecule has 0 aromatic carbocycles. The van der Waals surface area contributed by atoms with E-state index in [2.05, 4.69) is 5.32 Å². The highest BCUT2D eigenvalue weighted by atomic mass is 16.3. The molecule has 0 aliphatic heterocycles. The molecule has 2 N–H and O–H groups in total. The van der Waals surface area contributed by atoms with Gasteiger partial charge in [-0.2, -0.15) is 0 Å². The van der Waals surface area contributed by atoms with Gasteiger partial charge in [-0.1, -0.05) is 13.8 Å². The molecule has 0 radical (unpaired) electrons. The Morgan fingerprint density at radius 2 is 2.00 bits per heavy atom. The van der Waals surface area contributed by atoms with Gasteiger partial charge in [-0.05, 0) is 20.0 Å². The van der Waals surface area contributed by atoms with Gasteiger partial charge >= 0.3 is 0 Å². The fraction of sp³-hybridized carbons (Fsp3) is 0.889. The maximum atomic E-state index is 11.3. The first-order valence-corrected chi connectivity index (χ1v) is 4.52. The van der Waals surface area contributed by atoms with Gasteiger partial charge in [-0.3, -0.25) is 4.79 Å². The van der Waals surface area contributed by atoms with Gasteiger partial charge in [0.15, 0.2) is 0 Å². The van der Waals surface area contributed by atoms with Crippen molar-refractivity contribution in [1.82, 2.24) is 10.2 Å². The molecule has 4 heteroatoms. The summed E-state index contributed by atoms with van der Waals surface area (Å²) >= 11 is 0. The molecule has 0 aromatic heterocycles. The lowest BCUT2D eigenvalue weighted by atomic mass is 10.1. The Balaban J connectivity index is 3.87. The van der Waals surface area contributed by atoms with Crippen molar-refractivity contribution in [2.75, 3.05) is 27.2 Å². The summed E-state index contributed by atoms with van der Waals surface area (Å²) in [5.74, 6) is 0.217. The van der Waals surface area contributed by atoms with E-state index in [1.165, 1.54) is 0 Å². The SMILES string of the molecule is CC(C)[C@@H](CO)NC(=O)CN(C)C. The Morgan fingerprint density at radius 3 is 2.31 bits per heavy atom. The molecule has 1 amide bonds. The largest absolute Gasteiger partial charge is 0.394 e. The summed E-state index contributed by atoms with van der Waals surface area (Å²) in [5.41, 5.74) is 0. The molecule has 0 saturated heterocycles. The van der Waals surface area contributed by atoms with Crippen LogP contribution in [0.1, 0.15) is 13.8 Å². The van der Waals surface area contributed by atoms with Crippen molar-refractivity contribution in [3.8, 4) is 0 Å². The number of carbonyl (C=O) groups excluding carboxylic acids is 1. The van der Waals surface area contributed by atoms with E-state index in [0.29, 0.717) is 6.54 Å². The standard InChI is InChI=1S/C9H20N2O2/c1-7(2)8(6-12)10-9(13)5-11(3)4/h7-8,12H,5-6H2,1-4H3,(H,10,13)/t8-/m1/s1. The summed E-state index contributed by atoms with van der Waals surface area (Å²) in [6.45, 7) is 4.30. The predicted octanol–water partition coefficient (Wildman–Crippen LogP) is -0.319. The summed E-state index contributed by atoms with van der Waals surface area (Å²) in [6, 6.07) is -0.132. The van der Waals surface area contributed by atoms with Crippen LogP contribution >= 0.6 is 0 Å². The zero-order valence-corrected chi connectivity index (χ0v) is 8.87. The van der Waals surface area contributed by atoms with E-state index in [4.69, 9.17) is 5.11 Å². The monoisotopic (exact) mass is 188 g/mol. The third-order valence-corrected chi connectivity index (χ3v) is 1.81. The number of nitrogens with zero attached hydrogens (tertiary/aromatic N) is 1. The highest BCUT2D eigenvalue weighted by Gasteiger charge is 2.14. The maximum absolute atomic E-state index is 11.3. The van der Waals surface area contributed by atoms with Crippen molar-refractivity contribution in [2.24, 2.45) is 5.92 Å². The van der Waals surface area contributed by atoms with Gasteiger partial charge in [0.1, 0.15) is 0 Å². The van der Waals surface area contributed by atoms with Crippen LogP contribution in [-0.4, -0.2) is 49.2 Å². The van der Waals surface area contributed by atoms with E-state index in [9.17, 15) is 4.79 Å². The number of carbonyl (C=O) groups is 1. The predicted molar refractivity (Wildman–Crippen MR) is 52.4 cm³/mol. The van der Waals surface area contributed by atoms with Crippen LogP contribution in [0, 0.1) is 5.92 Å². The van der Waals surface area contributed by atoms with Crippen molar-refractivity contribution in [2.45, 2.75) is 19.9 Å². The molecule has 0 heterocycles. The number of rotatable bonds is 5. The van der Waals surface area contributed by atoms with E-state index in [-0.39, 0.29) is 24.5 Å². The molecule has 13 heavy (non-hydrogen) atoms. The molecule has 0 fully saturated rings. The van der Waals surface area contributed by atoms with E-state index in [0.717, 1.165) is 0 Å². The second kappa shape index (κ2) is 5.94. The normalized spacial score (nSPS) is 13.5. The van der Waals surface area contributed by atoms with Gasteiger partial charge in [0, 0.05) is 0 Å². The molecule has 0 aliphatic carbocycles. The van der Waals surface area contributed by atoms with Crippen LogP contribution in [0.15, 0.2) is 0 Å². The summed E-state index contributed by atoms with van der Waals surface area (Å²) < 4.78 is 0. The highest BCUT2D eigenvalue weighted by Crippen LogP contribution is 1.99. The Morgan fingerprint density at radius 1 is 1.46 bits per heavy atom. The molecule has 0 aromatic rings. The zero-order chi connectivity index (χ0) is 10.4. The average molecular weight is 188 g/mol. The Kier molecular flexibility index (Phi) is 5.66. The van der Waals surface area contributed by atoms with Crippen LogP contribution in [0.2, 0.25) is 0 Å². The van der Waals surface area contributed by atoms with Crippen LogP contribution in [0.4, 0.5) is 0 Å². The van der Waals surface area contributed by atoms with Gasteiger partial charge in [-0.15, -0.1) is 0 Å². The lowest BCUT2D eigenvalue weighted by Gasteiger charge is -2.20. The molecular formula is C9H20N2O2. The summed E-state index contributed by atoms with van der Waals surface area (Å²) in [5, 5.41) is 11.7. The molecule has 0 aliphatic rings. The van der Waals surface area contributed by atoms with Gasteiger partial charge in [-0.25, -0.2) is 0 Å². The van der Waals surface area contributed by atoms with E-state index in [1.54, 1.807) is 4.90 Å². The topological polar surface area (TPSA) is 52.6 Å². The molecule has 0 spiro atoms. The second-order valence-corrected chi connectivity index (χ2v) is 3.84. The molecule has 78 valence electrons. The number of hydrogen-bond donors (Lipinski definition) is 2. The first-order chi connectivity index (χ1) is 5.97. The second-order valence-electron chi connectivity index (χ2n) is 3.84. The Labute approximate surface area is 79.9 Å². The van der Waals surface area contributed by atoms with Gasteiger partial charge in [0.05, 0.1) is 19.2 Å². The zero-order valence-electron chi connectivity index (χ0n) is 8.87. The number of likely N-dealkylation sites (N-methyl/N-ethyl adjacent to an activating group) is 1. The number of aliphatic hydroxyl groups is 1. The quantitative estimate of drug-likeness (QED) is 0.622. The molecular weight excluding hydrogens is 168 g/mol. The molecule has 0 saturated carbocycles. The van der Waals surface area contributed by atoms with Gasteiger partial charge < -0.3 is 15.3 Å². The van der Waals surface area contributed by atoms with Crippen molar-refractivity contribution >= 4 is 5.91 Å². The third-order valence-electron chi connectivity index (χ3n) is 1.81. The first-order valence-electron chi connectivity index (χ1n) is 4.52. The van der Waals surface area contributed by atoms with E-state index in [1.807, 2.05) is 27.9 Å². The van der Waals surface area contributed by atoms with Crippen LogP contribution < -0.4 is 5.32 Å². The van der Waals surface area contributed by atoms with Crippen LogP contribution in [-0.2, 0) is 4.79 Å². The van der Waals surface area contributed by atoms with Gasteiger partial charge in [0.2, 0.25) is 5.91 Å². The fourth-order valence-corrected chi connectivity index (χ4v) is 0.963. The van der Waals surface area contributed by atoms with Crippen LogP contribution in [0.3, 0.4) is 0 Å². The number of hydrogen-bond acceptors (Lipinski definition) is 3. The summed E-state index contributed by atoms with van der Waals surface area (Å²) in [4.78, 5) is 13.1. The van der Waals surface area contributed by atoms with Gasteiger partial charge in [0.25, 0.3) is 0 Å². The van der Waals surface area contributed by atoms with Crippen LogP contribution in [0.5, 0.6) is 0 Å². The minimum atomic E-state index is -0.132. The smallest absolute Gasteiger partial charge is 0.234 e. The summed E-state index contributed by atoms with van der Waals surface area (Å²) in [7, 11) is 3.67. The molecule has 0 unspecified atom stereocenters. The Bertz CT molecular complexity index is 158. The van der Waals surface area contributed by atoms with E-state index < -0.39 is 0 Å². The lowest BCUT2D eigenvalue weighted by molar-refractivity contribution is -0.123. The first kappa shape index (κ1) is 12.4. The number of nitrogens with one attached hydrogen (secondary N) is 1. The van der Waals surface area contributed by atoms with E-state index >= 15 is 0 Å². The van der Waals surface area contributed by atoms with Crippen molar-refractivity contribution in [1.29, 1.82) is 0 Å². The molecule has 4 nitrogen and oxygen atoms in total. The maximum Gasteiger partial charge on any atom is 0.234 e. The fourth-order valence-electron chi connectivity index (χ4n) is 0.963. The van der Waals surface area contributed by atoms with Crippen molar-refractivity contribution < 1.29 is 9.90 Å². The molecule has 0 bridgehead atoms. The highest BCUT2D eigenvalue weighted by molar-refractivity contribution is 5.78. The Hall–Kier alpha value is -0.610. The molecule has 1 atom stereocenters. The van der Waals surface area contributed by atoms with Crippen molar-refractivity contribution in [3.63, 3.8) is 0 Å². The average Bonchev–Trinajstić information content (AvgIpc) is 1.98. The lowest BCUT2D eigenvalue weighted by Crippen LogP contribution is -2.44.